The molecule has 0 saturated carbocycles. The highest BCUT2D eigenvalue weighted by Gasteiger charge is 2.01. The summed E-state index contributed by atoms with van der Waals surface area (Å²) in [6.07, 6.45) is 0.805. The van der Waals surface area contributed by atoms with Gasteiger partial charge in [0.1, 0.15) is 5.75 Å². The summed E-state index contributed by atoms with van der Waals surface area (Å²) >= 11 is 0. The molecular formula is C13H20N2O3. The largest absolute Gasteiger partial charge is 0.497 e. The number of methoxy groups -OCH3 is 1. The molecule has 1 aromatic rings. The number of nitrogens with one attached hydrogen (secondary N) is 2. The molecule has 0 aliphatic heterocycles. The van der Waals surface area contributed by atoms with Gasteiger partial charge in [-0.05, 0) is 25.5 Å². The first-order chi connectivity index (χ1) is 8.76. The van der Waals surface area contributed by atoms with E-state index in [0.717, 1.165) is 6.42 Å². The van der Waals surface area contributed by atoms with Gasteiger partial charge in [0.15, 0.2) is 0 Å². The van der Waals surface area contributed by atoms with E-state index in [1.807, 2.05) is 25.1 Å². The molecule has 0 heterocycles. The molecule has 1 rings (SSSR count). The Morgan fingerprint density at radius 3 is 2.94 bits per heavy atom. The van der Waals surface area contributed by atoms with Crippen LogP contribution < -0.4 is 15.4 Å². The van der Waals surface area contributed by atoms with Crippen molar-refractivity contribution in [3.63, 3.8) is 0 Å². The maximum atomic E-state index is 11.5. The number of hydrogen-bond donors (Lipinski definition) is 2. The second-order valence-electron chi connectivity index (χ2n) is 3.66. The predicted molar refractivity (Wildman–Crippen MR) is 71.1 cm³/mol. The van der Waals surface area contributed by atoms with Crippen LogP contribution in [0.5, 0.6) is 5.75 Å². The minimum atomic E-state index is -0.222. The number of urea groups is 1. The van der Waals surface area contributed by atoms with Crippen LogP contribution in [0, 0.1) is 0 Å². The second kappa shape index (κ2) is 8.36. The van der Waals surface area contributed by atoms with E-state index >= 15 is 0 Å². The number of benzene rings is 1. The maximum Gasteiger partial charge on any atom is 0.319 e. The summed E-state index contributed by atoms with van der Waals surface area (Å²) in [7, 11) is 1.59. The van der Waals surface area contributed by atoms with Gasteiger partial charge in [0.05, 0.1) is 7.11 Å². The van der Waals surface area contributed by atoms with Crippen molar-refractivity contribution < 1.29 is 14.3 Å². The van der Waals surface area contributed by atoms with Crippen molar-refractivity contribution in [3.05, 3.63) is 24.3 Å². The molecule has 18 heavy (non-hydrogen) atoms. The molecule has 0 aromatic heterocycles. The number of anilines is 1. The molecule has 2 N–H and O–H groups in total. The highest BCUT2D eigenvalue weighted by atomic mass is 16.5. The molecule has 2 amide bonds. The van der Waals surface area contributed by atoms with Gasteiger partial charge < -0.3 is 20.1 Å². The molecule has 0 atom stereocenters. The van der Waals surface area contributed by atoms with Crippen LogP contribution in [0.1, 0.15) is 13.3 Å². The summed E-state index contributed by atoms with van der Waals surface area (Å²) in [5.41, 5.74) is 0.705. The monoisotopic (exact) mass is 252 g/mol. The molecule has 1 aromatic carbocycles. The van der Waals surface area contributed by atoms with E-state index in [9.17, 15) is 4.79 Å². The number of carbonyl (C=O) groups excluding carboxylic acids is 1. The lowest BCUT2D eigenvalue weighted by Gasteiger charge is -2.08. The number of hydrogen-bond acceptors (Lipinski definition) is 3. The van der Waals surface area contributed by atoms with Gasteiger partial charge in [-0.25, -0.2) is 4.79 Å². The molecule has 0 spiro atoms. The summed E-state index contributed by atoms with van der Waals surface area (Å²) in [5, 5.41) is 5.49. The Hall–Kier alpha value is -1.75. The Bertz CT molecular complexity index is 369. The molecule has 5 heteroatoms. The van der Waals surface area contributed by atoms with E-state index in [2.05, 4.69) is 10.6 Å². The third-order valence-corrected chi connectivity index (χ3v) is 2.28. The third kappa shape index (κ3) is 5.54. The van der Waals surface area contributed by atoms with Crippen LogP contribution in [0.15, 0.2) is 24.3 Å². The van der Waals surface area contributed by atoms with Gasteiger partial charge in [-0.3, -0.25) is 0 Å². The zero-order valence-electron chi connectivity index (χ0n) is 10.9. The van der Waals surface area contributed by atoms with Crippen molar-refractivity contribution in [3.8, 4) is 5.75 Å². The topological polar surface area (TPSA) is 59.6 Å². The molecule has 5 nitrogen and oxygen atoms in total. The quantitative estimate of drug-likeness (QED) is 0.732. The van der Waals surface area contributed by atoms with E-state index in [0.29, 0.717) is 31.2 Å². The van der Waals surface area contributed by atoms with E-state index in [1.54, 1.807) is 13.2 Å². The Morgan fingerprint density at radius 2 is 2.22 bits per heavy atom. The van der Waals surface area contributed by atoms with Gasteiger partial charge in [-0.15, -0.1) is 0 Å². The van der Waals surface area contributed by atoms with Crippen molar-refractivity contribution >= 4 is 11.7 Å². The zero-order chi connectivity index (χ0) is 13.2. The average molecular weight is 252 g/mol. The van der Waals surface area contributed by atoms with Crippen LogP contribution in [-0.4, -0.2) is 32.9 Å². The molecule has 0 unspecified atom stereocenters. The molecule has 0 radical (unpaired) electrons. The Morgan fingerprint density at radius 1 is 1.39 bits per heavy atom. The minimum absolute atomic E-state index is 0.222. The van der Waals surface area contributed by atoms with Crippen molar-refractivity contribution in [2.75, 3.05) is 32.2 Å². The lowest BCUT2D eigenvalue weighted by molar-refractivity contribution is 0.145. The fourth-order valence-electron chi connectivity index (χ4n) is 1.40. The standard InChI is InChI=1S/C13H20N2O3/c1-3-18-9-5-8-14-13(16)15-11-6-4-7-12(10-11)17-2/h4,6-7,10H,3,5,8-9H2,1-2H3,(H2,14,15,16). The van der Waals surface area contributed by atoms with Gasteiger partial charge in [0, 0.05) is 31.5 Å². The Labute approximate surface area is 107 Å². The highest BCUT2D eigenvalue weighted by molar-refractivity contribution is 5.89. The predicted octanol–water partition coefficient (Wildman–Crippen LogP) is 2.24. The molecule has 0 bridgehead atoms. The summed E-state index contributed by atoms with van der Waals surface area (Å²) in [4.78, 5) is 11.5. The van der Waals surface area contributed by atoms with E-state index < -0.39 is 0 Å². The summed E-state index contributed by atoms with van der Waals surface area (Å²) in [6.45, 7) is 3.91. The molecule has 0 fully saturated rings. The van der Waals surface area contributed by atoms with E-state index in [4.69, 9.17) is 9.47 Å². The first-order valence-electron chi connectivity index (χ1n) is 6.03. The third-order valence-electron chi connectivity index (χ3n) is 2.28. The molecule has 0 aliphatic rings. The lowest BCUT2D eigenvalue weighted by atomic mass is 10.3. The fourth-order valence-corrected chi connectivity index (χ4v) is 1.40. The lowest BCUT2D eigenvalue weighted by Crippen LogP contribution is -2.30. The fraction of sp³-hybridized carbons (Fsp3) is 0.462. The summed E-state index contributed by atoms with van der Waals surface area (Å²) in [5.74, 6) is 0.712. The molecule has 0 saturated heterocycles. The number of rotatable bonds is 7. The molecule has 0 aliphatic carbocycles. The van der Waals surface area contributed by atoms with Gasteiger partial charge in [0.25, 0.3) is 0 Å². The maximum absolute atomic E-state index is 11.5. The molecule has 100 valence electrons. The van der Waals surface area contributed by atoms with Crippen LogP contribution in [0.3, 0.4) is 0 Å². The van der Waals surface area contributed by atoms with E-state index in [-0.39, 0.29) is 6.03 Å². The zero-order valence-corrected chi connectivity index (χ0v) is 10.9. The van der Waals surface area contributed by atoms with Gasteiger partial charge in [-0.1, -0.05) is 6.07 Å². The van der Waals surface area contributed by atoms with Crippen LogP contribution in [0.25, 0.3) is 0 Å². The van der Waals surface area contributed by atoms with Gasteiger partial charge in [-0.2, -0.15) is 0 Å². The number of carbonyl (C=O) groups is 1. The van der Waals surface area contributed by atoms with Crippen LogP contribution in [-0.2, 0) is 4.74 Å². The van der Waals surface area contributed by atoms with Crippen LogP contribution in [0.2, 0.25) is 0 Å². The smallest absolute Gasteiger partial charge is 0.319 e. The van der Waals surface area contributed by atoms with Gasteiger partial charge >= 0.3 is 6.03 Å². The van der Waals surface area contributed by atoms with Crippen molar-refractivity contribution in [1.29, 1.82) is 0 Å². The van der Waals surface area contributed by atoms with Crippen molar-refractivity contribution in [1.82, 2.24) is 5.32 Å². The van der Waals surface area contributed by atoms with Crippen molar-refractivity contribution in [2.24, 2.45) is 0 Å². The minimum Gasteiger partial charge on any atom is -0.497 e. The average Bonchev–Trinajstić information content (AvgIpc) is 2.38. The van der Waals surface area contributed by atoms with Gasteiger partial charge in [0.2, 0.25) is 0 Å². The summed E-state index contributed by atoms with van der Waals surface area (Å²) in [6, 6.07) is 7.00. The normalized spacial score (nSPS) is 9.89. The first-order valence-corrected chi connectivity index (χ1v) is 6.03. The SMILES string of the molecule is CCOCCCNC(=O)Nc1cccc(OC)c1. The Kier molecular flexibility index (Phi) is 6.64. The number of ether oxygens (including phenoxy) is 2. The van der Waals surface area contributed by atoms with Crippen LogP contribution >= 0.6 is 0 Å². The summed E-state index contributed by atoms with van der Waals surface area (Å²) < 4.78 is 10.2. The number of amides is 2. The molecular weight excluding hydrogens is 232 g/mol. The van der Waals surface area contributed by atoms with E-state index in [1.165, 1.54) is 0 Å². The highest BCUT2D eigenvalue weighted by Crippen LogP contribution is 2.16. The first kappa shape index (κ1) is 14.3. The van der Waals surface area contributed by atoms with Crippen molar-refractivity contribution in [2.45, 2.75) is 13.3 Å². The van der Waals surface area contributed by atoms with Crippen LogP contribution in [0.4, 0.5) is 10.5 Å². The Balaban J connectivity index is 2.26. The second-order valence-corrected chi connectivity index (χ2v) is 3.66.